The quantitative estimate of drug-likeness (QED) is 0.453. The summed E-state index contributed by atoms with van der Waals surface area (Å²) in [6, 6.07) is 10.9. The minimum atomic E-state index is -0.130. The summed E-state index contributed by atoms with van der Waals surface area (Å²) in [6.45, 7) is 0. The summed E-state index contributed by atoms with van der Waals surface area (Å²) in [7, 11) is 0. The molecule has 1 aliphatic rings. The Kier molecular flexibility index (Phi) is 4.16. The molecule has 1 amide bonds. The molecule has 0 unspecified atom stereocenters. The Bertz CT molecular complexity index is 1260. The number of hydrogen-bond acceptors (Lipinski definition) is 6. The normalized spacial score (nSPS) is 12.9. The Morgan fingerprint density at radius 1 is 1.07 bits per heavy atom. The third-order valence-electron chi connectivity index (χ3n) is 4.30. The summed E-state index contributed by atoms with van der Waals surface area (Å²) >= 11 is 13.6. The number of benzene rings is 2. The summed E-state index contributed by atoms with van der Waals surface area (Å²) in [4.78, 5) is 25.7. The molecule has 2 aromatic carbocycles. The van der Waals surface area contributed by atoms with E-state index in [0.29, 0.717) is 32.5 Å². The number of nitrogens with one attached hydrogen (secondary N) is 2. The number of anilines is 3. The largest absolute Gasteiger partial charge is 0.325 e. The van der Waals surface area contributed by atoms with Crippen LogP contribution in [0.2, 0.25) is 10.0 Å². The fraction of sp³-hybridized carbons (Fsp3) is 0.0526. The van der Waals surface area contributed by atoms with Crippen LogP contribution in [0.25, 0.3) is 21.5 Å². The van der Waals surface area contributed by atoms with Crippen molar-refractivity contribution >= 4 is 67.4 Å². The highest BCUT2D eigenvalue weighted by atomic mass is 35.5. The molecular weight excluding hydrogens is 417 g/mol. The van der Waals surface area contributed by atoms with Crippen molar-refractivity contribution in [3.63, 3.8) is 0 Å². The van der Waals surface area contributed by atoms with Crippen LogP contribution in [-0.4, -0.2) is 20.9 Å². The molecule has 6 nitrogen and oxygen atoms in total. The maximum Gasteiger partial charge on any atom is 0.229 e. The molecule has 2 N–H and O–H groups in total. The number of carbonyl (C=O) groups is 1. The highest BCUT2D eigenvalue weighted by molar-refractivity contribution is 7.22. The zero-order chi connectivity index (χ0) is 19.3. The Hall–Kier alpha value is -2.74. The van der Waals surface area contributed by atoms with Gasteiger partial charge in [-0.25, -0.2) is 15.0 Å². The van der Waals surface area contributed by atoms with Gasteiger partial charge in [-0.2, -0.15) is 0 Å². The van der Waals surface area contributed by atoms with Crippen molar-refractivity contribution in [1.29, 1.82) is 0 Å². The minimum Gasteiger partial charge on any atom is -0.325 e. The smallest absolute Gasteiger partial charge is 0.229 e. The van der Waals surface area contributed by atoms with Crippen LogP contribution in [0, 0.1) is 0 Å². The second kappa shape index (κ2) is 6.70. The molecule has 0 fully saturated rings. The van der Waals surface area contributed by atoms with Gasteiger partial charge in [0, 0.05) is 27.4 Å². The molecule has 0 bridgehead atoms. The number of nitrogens with zero attached hydrogens (tertiary/aromatic N) is 3. The third-order valence-corrected chi connectivity index (χ3v) is 5.70. The fourth-order valence-corrected chi connectivity index (χ4v) is 4.38. The molecule has 3 heterocycles. The zero-order valence-corrected chi connectivity index (χ0v) is 16.5. The van der Waals surface area contributed by atoms with Crippen LogP contribution in [0.1, 0.15) is 5.56 Å². The van der Waals surface area contributed by atoms with E-state index in [1.807, 2.05) is 18.2 Å². The molecule has 4 aromatic rings. The fourth-order valence-electron chi connectivity index (χ4n) is 3.07. The predicted molar refractivity (Wildman–Crippen MR) is 113 cm³/mol. The first kappa shape index (κ1) is 17.4. The molecule has 2 aromatic heterocycles. The molecule has 28 heavy (non-hydrogen) atoms. The van der Waals surface area contributed by atoms with E-state index in [2.05, 4.69) is 25.6 Å². The minimum absolute atomic E-state index is 0.130. The summed E-state index contributed by atoms with van der Waals surface area (Å²) in [5.41, 5.74) is 3.72. The van der Waals surface area contributed by atoms with Gasteiger partial charge in [-0.05, 0) is 36.4 Å². The Morgan fingerprint density at radius 3 is 2.79 bits per heavy atom. The van der Waals surface area contributed by atoms with Gasteiger partial charge in [-0.3, -0.25) is 10.1 Å². The second-order valence-corrected chi connectivity index (χ2v) is 8.14. The lowest BCUT2D eigenvalue weighted by atomic mass is 10.1. The van der Waals surface area contributed by atoms with E-state index in [-0.39, 0.29) is 12.3 Å². The first-order valence-electron chi connectivity index (χ1n) is 8.34. The van der Waals surface area contributed by atoms with Crippen LogP contribution in [0.5, 0.6) is 0 Å². The molecule has 0 aliphatic carbocycles. The first-order valence-corrected chi connectivity index (χ1v) is 9.91. The molecule has 0 spiro atoms. The van der Waals surface area contributed by atoms with E-state index in [0.717, 1.165) is 21.3 Å². The molecule has 9 heteroatoms. The average Bonchev–Trinajstić information content (AvgIpc) is 2.98. The van der Waals surface area contributed by atoms with Crippen molar-refractivity contribution in [3.8, 4) is 11.3 Å². The van der Waals surface area contributed by atoms with Gasteiger partial charge >= 0.3 is 0 Å². The van der Waals surface area contributed by atoms with Gasteiger partial charge < -0.3 is 5.32 Å². The van der Waals surface area contributed by atoms with Crippen molar-refractivity contribution in [2.24, 2.45) is 0 Å². The van der Waals surface area contributed by atoms with Crippen LogP contribution in [0.4, 0.5) is 16.8 Å². The van der Waals surface area contributed by atoms with Gasteiger partial charge in [0.2, 0.25) is 11.9 Å². The van der Waals surface area contributed by atoms with E-state index in [1.54, 1.807) is 24.4 Å². The molecule has 0 saturated carbocycles. The summed E-state index contributed by atoms with van der Waals surface area (Å²) < 4.78 is 0.972. The molecule has 1 aliphatic heterocycles. The number of thiazole rings is 1. The Balaban J connectivity index is 1.56. The lowest BCUT2D eigenvalue weighted by molar-refractivity contribution is -0.115. The lowest BCUT2D eigenvalue weighted by Gasteiger charge is -2.09. The zero-order valence-electron chi connectivity index (χ0n) is 14.2. The molecule has 138 valence electrons. The van der Waals surface area contributed by atoms with E-state index >= 15 is 0 Å². The number of hydrogen-bond donors (Lipinski definition) is 2. The van der Waals surface area contributed by atoms with Crippen LogP contribution in [0.3, 0.4) is 0 Å². The molecular formula is C19H11Cl2N5OS. The highest BCUT2D eigenvalue weighted by Gasteiger charge is 2.21. The molecule has 0 atom stereocenters. The third kappa shape index (κ3) is 3.17. The summed E-state index contributed by atoms with van der Waals surface area (Å²) in [5.74, 6) is 0.272. The molecule has 5 rings (SSSR count). The van der Waals surface area contributed by atoms with E-state index < -0.39 is 0 Å². The van der Waals surface area contributed by atoms with Crippen LogP contribution < -0.4 is 10.6 Å². The first-order chi connectivity index (χ1) is 13.5. The van der Waals surface area contributed by atoms with Gasteiger partial charge in [-0.1, -0.05) is 34.5 Å². The van der Waals surface area contributed by atoms with Crippen molar-refractivity contribution in [2.45, 2.75) is 6.42 Å². The number of halogens is 2. The average molecular weight is 428 g/mol. The van der Waals surface area contributed by atoms with Crippen molar-refractivity contribution < 1.29 is 4.79 Å². The van der Waals surface area contributed by atoms with Gasteiger partial charge in [0.25, 0.3) is 0 Å². The van der Waals surface area contributed by atoms with E-state index in [4.69, 9.17) is 23.2 Å². The maximum atomic E-state index is 12.2. The molecule has 0 radical (unpaired) electrons. The van der Waals surface area contributed by atoms with E-state index in [9.17, 15) is 4.79 Å². The van der Waals surface area contributed by atoms with Crippen molar-refractivity contribution in [2.75, 3.05) is 10.6 Å². The summed E-state index contributed by atoms with van der Waals surface area (Å²) in [6.07, 6.45) is 1.86. The van der Waals surface area contributed by atoms with Crippen LogP contribution >= 0.6 is 34.5 Å². The Morgan fingerprint density at radius 2 is 1.89 bits per heavy atom. The second-order valence-electron chi connectivity index (χ2n) is 6.24. The maximum absolute atomic E-state index is 12.2. The van der Waals surface area contributed by atoms with Crippen LogP contribution in [0.15, 0.2) is 42.6 Å². The van der Waals surface area contributed by atoms with Crippen LogP contribution in [-0.2, 0) is 11.2 Å². The number of amides is 1. The SMILES string of the molecule is O=C1Cc2cnc(Nc3nc4ccc(Cl)cc4s3)nc2-c2ccc(Cl)cc2N1. The van der Waals surface area contributed by atoms with Gasteiger partial charge in [0.05, 0.1) is 28.0 Å². The summed E-state index contributed by atoms with van der Waals surface area (Å²) in [5, 5.41) is 7.89. The number of carbonyl (C=O) groups excluding carboxylic acids is 1. The highest BCUT2D eigenvalue weighted by Crippen LogP contribution is 2.35. The van der Waals surface area contributed by atoms with E-state index in [1.165, 1.54) is 11.3 Å². The van der Waals surface area contributed by atoms with Crippen molar-refractivity contribution in [3.05, 3.63) is 58.2 Å². The molecule has 0 saturated heterocycles. The number of aromatic nitrogens is 3. The number of rotatable bonds is 2. The predicted octanol–water partition coefficient (Wildman–Crippen LogP) is 5.30. The lowest BCUT2D eigenvalue weighted by Crippen LogP contribution is -2.12. The van der Waals surface area contributed by atoms with Gasteiger partial charge in [-0.15, -0.1) is 0 Å². The number of fused-ring (bicyclic) bond motifs is 4. The van der Waals surface area contributed by atoms with Crippen molar-refractivity contribution in [1.82, 2.24) is 15.0 Å². The monoisotopic (exact) mass is 427 g/mol. The van der Waals surface area contributed by atoms with Gasteiger partial charge in [0.15, 0.2) is 5.13 Å². The standard InChI is InChI=1S/C19H11Cl2N5OS/c20-10-1-3-12-14(6-10)23-16(27)5-9-8-22-18(25-17(9)12)26-19-24-13-4-2-11(21)7-15(13)28-19/h1-4,6-8H,5H2,(H,23,27)(H,22,24,25,26). The van der Waals surface area contributed by atoms with Gasteiger partial charge in [0.1, 0.15) is 0 Å². The topological polar surface area (TPSA) is 79.8 Å². The Labute approximate surface area is 173 Å².